The van der Waals surface area contributed by atoms with Crippen LogP contribution in [0.2, 0.25) is 0 Å². The molecule has 7 nitrogen and oxygen atoms in total. The quantitative estimate of drug-likeness (QED) is 0.516. The van der Waals surface area contributed by atoms with Gasteiger partial charge in [-0.15, -0.1) is 0 Å². The van der Waals surface area contributed by atoms with E-state index in [9.17, 15) is 18.0 Å². The van der Waals surface area contributed by atoms with Gasteiger partial charge in [-0.3, -0.25) is 9.59 Å². The van der Waals surface area contributed by atoms with E-state index < -0.39 is 9.84 Å². The van der Waals surface area contributed by atoms with Gasteiger partial charge in [0.1, 0.15) is 21.4 Å². The van der Waals surface area contributed by atoms with Crippen molar-refractivity contribution in [1.82, 2.24) is 10.6 Å². The minimum atomic E-state index is -2.58. The summed E-state index contributed by atoms with van der Waals surface area (Å²) in [6.07, 6.45) is 18.0. The van der Waals surface area contributed by atoms with Gasteiger partial charge in [-0.1, -0.05) is 19.3 Å². The topological polar surface area (TPSA) is 102 Å². The molecule has 4 heterocycles. The summed E-state index contributed by atoms with van der Waals surface area (Å²) in [6, 6.07) is 0. The number of sulfone groups is 1. The maximum absolute atomic E-state index is 10.7. The molecular formula is C26H50N2O5S. The van der Waals surface area contributed by atoms with E-state index in [4.69, 9.17) is 4.74 Å². The second-order valence-electron chi connectivity index (χ2n) is 9.61. The van der Waals surface area contributed by atoms with E-state index in [-0.39, 0.29) is 0 Å². The third-order valence-corrected chi connectivity index (χ3v) is 8.06. The molecule has 34 heavy (non-hydrogen) atoms. The molecule has 1 saturated carbocycles. The number of ether oxygens (including phenoxy) is 1. The number of carbonyl (C=O) groups is 2. The lowest BCUT2D eigenvalue weighted by Gasteiger charge is -2.08. The molecule has 4 aliphatic heterocycles. The van der Waals surface area contributed by atoms with Crippen LogP contribution in [0, 0.1) is 0 Å². The van der Waals surface area contributed by atoms with E-state index in [2.05, 4.69) is 10.6 Å². The average Bonchev–Trinajstić information content (AvgIpc) is 2.89. The fraction of sp³-hybridized carbons (Fsp3) is 0.923. The first-order valence-corrected chi connectivity index (χ1v) is 15.5. The third kappa shape index (κ3) is 20.5. The number of ketones is 2. The molecule has 200 valence electrons. The van der Waals surface area contributed by atoms with Gasteiger partial charge in [0.2, 0.25) is 0 Å². The maximum Gasteiger partial charge on any atom is 0.150 e. The van der Waals surface area contributed by atoms with Gasteiger partial charge < -0.3 is 15.4 Å². The van der Waals surface area contributed by atoms with Gasteiger partial charge in [-0.25, -0.2) is 8.42 Å². The summed E-state index contributed by atoms with van der Waals surface area (Å²) in [5.41, 5.74) is 0. The number of hydrogen-bond acceptors (Lipinski definition) is 7. The summed E-state index contributed by atoms with van der Waals surface area (Å²) >= 11 is 0. The lowest BCUT2D eigenvalue weighted by Crippen LogP contribution is -2.29. The van der Waals surface area contributed by atoms with Crippen LogP contribution >= 0.6 is 0 Å². The van der Waals surface area contributed by atoms with Crippen molar-refractivity contribution in [3.05, 3.63) is 0 Å². The molecule has 0 unspecified atom stereocenters. The lowest BCUT2D eigenvalue weighted by atomic mass is 10.00. The Hall–Kier alpha value is -0.830. The molecule has 0 atom stereocenters. The Bertz CT molecular complexity index is 532. The fourth-order valence-corrected chi connectivity index (χ4v) is 5.58. The van der Waals surface area contributed by atoms with E-state index >= 15 is 0 Å². The summed E-state index contributed by atoms with van der Waals surface area (Å²) in [4.78, 5) is 20.9. The molecule has 0 radical (unpaired) electrons. The second kappa shape index (κ2) is 21.5. The zero-order valence-corrected chi connectivity index (χ0v) is 22.2. The molecule has 0 bridgehead atoms. The molecule has 0 amide bonds. The highest BCUT2D eigenvalue weighted by atomic mass is 32.2. The molecule has 5 fully saturated rings. The zero-order chi connectivity index (χ0) is 24.7. The summed E-state index contributed by atoms with van der Waals surface area (Å²) in [7, 11) is -2.58. The Morgan fingerprint density at radius 3 is 1.26 bits per heavy atom. The highest BCUT2D eigenvalue weighted by Gasteiger charge is 2.14. The number of nitrogens with one attached hydrogen (secondary N) is 2. The summed E-state index contributed by atoms with van der Waals surface area (Å²) in [5.74, 6) is 1.66. The molecule has 1 aliphatic carbocycles. The van der Waals surface area contributed by atoms with Gasteiger partial charge in [0.05, 0.1) is 18.1 Å². The van der Waals surface area contributed by atoms with Crippen molar-refractivity contribution in [2.24, 2.45) is 0 Å². The van der Waals surface area contributed by atoms with Crippen molar-refractivity contribution in [3.63, 3.8) is 0 Å². The number of carbonyl (C=O) groups excluding carboxylic acids is 2. The van der Waals surface area contributed by atoms with Gasteiger partial charge in [-0.2, -0.15) is 0 Å². The van der Waals surface area contributed by atoms with Gasteiger partial charge in [-0.05, 0) is 83.8 Å². The number of piperidine rings is 2. The Labute approximate surface area is 208 Å². The van der Waals surface area contributed by atoms with Crippen LogP contribution in [0.4, 0.5) is 0 Å². The van der Waals surface area contributed by atoms with E-state index in [0.29, 0.717) is 29.6 Å². The molecule has 8 heteroatoms. The molecule has 0 aromatic heterocycles. The molecule has 2 N–H and O–H groups in total. The predicted octanol–water partition coefficient (Wildman–Crippen LogP) is 3.99. The molecule has 0 spiro atoms. The van der Waals surface area contributed by atoms with Crippen LogP contribution in [0.1, 0.15) is 103 Å². The van der Waals surface area contributed by atoms with Crippen molar-refractivity contribution >= 4 is 21.4 Å². The number of hydrogen-bond donors (Lipinski definition) is 2. The first-order chi connectivity index (χ1) is 16.5. The molecule has 5 aliphatic rings. The molecule has 5 rings (SSSR count). The van der Waals surface area contributed by atoms with E-state index in [1.54, 1.807) is 0 Å². The largest absolute Gasteiger partial charge is 0.381 e. The van der Waals surface area contributed by atoms with Crippen molar-refractivity contribution < 1.29 is 22.7 Å². The molecule has 0 aromatic carbocycles. The van der Waals surface area contributed by atoms with Crippen molar-refractivity contribution in [3.8, 4) is 0 Å². The standard InChI is InChI=1S/C6H10O.C5H9NO.C5H11N.C5H10O2S.C5H10O/c7-6-4-2-1-3-5-6;7-5-2-1-3-6-4-5;1-2-4-6-5-3-1;6-8(7)4-2-1-3-5-8;1-2-4-6-5-3-1/h1-5H2;6H,1-4H2;6H,1-5H2;1-5H2;1-5H2. The Morgan fingerprint density at radius 1 is 0.529 bits per heavy atom. The lowest BCUT2D eigenvalue weighted by molar-refractivity contribution is -0.120. The van der Waals surface area contributed by atoms with Gasteiger partial charge in [0.25, 0.3) is 0 Å². The van der Waals surface area contributed by atoms with Crippen LogP contribution < -0.4 is 10.6 Å². The van der Waals surface area contributed by atoms with Crippen molar-refractivity contribution in [2.45, 2.75) is 103 Å². The summed E-state index contributed by atoms with van der Waals surface area (Å²) in [5, 5.41) is 6.27. The minimum Gasteiger partial charge on any atom is -0.381 e. The monoisotopic (exact) mass is 502 g/mol. The first-order valence-electron chi connectivity index (χ1n) is 13.7. The van der Waals surface area contributed by atoms with Crippen LogP contribution in [-0.4, -0.2) is 70.9 Å². The Morgan fingerprint density at radius 2 is 1.03 bits per heavy atom. The fourth-order valence-electron chi connectivity index (χ4n) is 4.08. The van der Waals surface area contributed by atoms with Crippen LogP contribution in [0.25, 0.3) is 0 Å². The number of rotatable bonds is 0. The van der Waals surface area contributed by atoms with Gasteiger partial charge >= 0.3 is 0 Å². The first kappa shape index (κ1) is 31.2. The van der Waals surface area contributed by atoms with Crippen LogP contribution in [0.5, 0.6) is 0 Å². The van der Waals surface area contributed by atoms with Gasteiger partial charge in [0, 0.05) is 32.5 Å². The van der Waals surface area contributed by atoms with Crippen LogP contribution in [0.3, 0.4) is 0 Å². The van der Waals surface area contributed by atoms with Crippen LogP contribution in [0.15, 0.2) is 0 Å². The SMILES string of the molecule is C1CCNCC1.C1CCOCC1.O=C1CCCCC1.O=C1CCCNC1.O=S1(=O)CCCCC1. The van der Waals surface area contributed by atoms with Gasteiger partial charge in [0.15, 0.2) is 0 Å². The smallest absolute Gasteiger partial charge is 0.150 e. The maximum atomic E-state index is 10.7. The zero-order valence-electron chi connectivity index (χ0n) is 21.4. The third-order valence-electron chi connectivity index (χ3n) is 6.24. The van der Waals surface area contributed by atoms with E-state index in [1.807, 2.05) is 0 Å². The minimum absolute atomic E-state index is 0.353. The van der Waals surface area contributed by atoms with Crippen LogP contribution in [-0.2, 0) is 24.2 Å². The molecule has 0 aromatic rings. The van der Waals surface area contributed by atoms with Crippen molar-refractivity contribution in [2.75, 3.05) is 50.9 Å². The van der Waals surface area contributed by atoms with E-state index in [1.165, 1.54) is 58.0 Å². The normalized spacial score (nSPS) is 24.2. The summed E-state index contributed by atoms with van der Waals surface area (Å²) in [6.45, 7) is 6.12. The summed E-state index contributed by atoms with van der Waals surface area (Å²) < 4.78 is 26.4. The van der Waals surface area contributed by atoms with Crippen molar-refractivity contribution in [1.29, 1.82) is 0 Å². The number of Topliss-reactive ketones (excluding diaryl/α,β-unsaturated/α-hetero) is 2. The average molecular weight is 503 g/mol. The predicted molar refractivity (Wildman–Crippen MR) is 139 cm³/mol. The highest BCUT2D eigenvalue weighted by molar-refractivity contribution is 7.91. The van der Waals surface area contributed by atoms with E-state index in [0.717, 1.165) is 77.5 Å². The molecular weight excluding hydrogens is 452 g/mol. The highest BCUT2D eigenvalue weighted by Crippen LogP contribution is 2.12. The second-order valence-corrected chi connectivity index (χ2v) is 11.9. The Kier molecular flexibility index (Phi) is 19.7. The Balaban J connectivity index is 0.000000213. The molecule has 4 saturated heterocycles.